The molecule has 0 saturated carbocycles. The Morgan fingerprint density at radius 3 is 2.54 bits per heavy atom. The van der Waals surface area contributed by atoms with Crippen LogP contribution >= 0.6 is 11.3 Å². The number of ether oxygens (including phenoxy) is 1. The van der Waals surface area contributed by atoms with Gasteiger partial charge in [0.15, 0.2) is 4.80 Å². The Morgan fingerprint density at radius 2 is 1.90 bits per heavy atom. The van der Waals surface area contributed by atoms with Gasteiger partial charge in [0.05, 0.1) is 35.5 Å². The summed E-state index contributed by atoms with van der Waals surface area (Å²) < 4.78 is 9.40. The number of allylic oxidation sites excluding steroid dienone is 1. The second-order valence-electron chi connectivity index (χ2n) is 10.2. The molecule has 39 heavy (non-hydrogen) atoms. The molecule has 4 aromatic rings. The van der Waals surface area contributed by atoms with Gasteiger partial charge >= 0.3 is 5.97 Å². The van der Waals surface area contributed by atoms with Crippen LogP contribution in [0.15, 0.2) is 63.5 Å². The minimum absolute atomic E-state index is 0.199. The number of methoxy groups -OCH3 is 1. The number of aryl methyl sites for hydroxylation is 1. The van der Waals surface area contributed by atoms with Crippen LogP contribution in [-0.4, -0.2) is 22.2 Å². The molecule has 0 aliphatic carbocycles. The number of esters is 1. The molecule has 5 rings (SSSR count). The fourth-order valence-electron chi connectivity index (χ4n) is 5.30. The second-order valence-corrected chi connectivity index (χ2v) is 11.2. The zero-order chi connectivity index (χ0) is 28.0. The van der Waals surface area contributed by atoms with Crippen LogP contribution in [0.25, 0.3) is 17.0 Å². The molecule has 2 aromatic carbocycles. The summed E-state index contributed by atoms with van der Waals surface area (Å²) in [5.74, 6) is 2.61. The number of carbonyl (C=O) groups excluding carboxylic acids is 1. The maximum Gasteiger partial charge on any atom is 0.338 e. The van der Waals surface area contributed by atoms with Gasteiger partial charge < -0.3 is 9.30 Å². The van der Waals surface area contributed by atoms with Gasteiger partial charge in [-0.15, -0.1) is 6.42 Å². The Balaban J connectivity index is 1.77. The first-order valence-electron chi connectivity index (χ1n) is 12.9. The highest BCUT2D eigenvalue weighted by Gasteiger charge is 2.33. The Kier molecular flexibility index (Phi) is 6.92. The lowest BCUT2D eigenvalue weighted by molar-refractivity contribution is -0.136. The van der Waals surface area contributed by atoms with Crippen LogP contribution in [0.3, 0.4) is 0 Å². The molecule has 3 heterocycles. The van der Waals surface area contributed by atoms with E-state index in [4.69, 9.17) is 11.2 Å². The summed E-state index contributed by atoms with van der Waals surface area (Å²) in [6, 6.07) is 13.7. The number of benzene rings is 2. The predicted molar refractivity (Wildman–Crippen MR) is 157 cm³/mol. The zero-order valence-electron chi connectivity index (χ0n) is 23.0. The molecule has 198 valence electrons. The minimum Gasteiger partial charge on any atom is -0.466 e. The highest BCUT2D eigenvalue weighted by molar-refractivity contribution is 7.07. The number of terminal acetylenes is 1. The van der Waals surface area contributed by atoms with Crippen molar-refractivity contribution in [3.63, 3.8) is 0 Å². The summed E-state index contributed by atoms with van der Waals surface area (Å²) in [5.41, 5.74) is 6.83. The molecule has 0 saturated heterocycles. The maximum atomic E-state index is 14.1. The number of thiazole rings is 1. The molecule has 0 radical (unpaired) electrons. The largest absolute Gasteiger partial charge is 0.466 e. The van der Waals surface area contributed by atoms with Crippen molar-refractivity contribution < 1.29 is 9.53 Å². The minimum atomic E-state index is -0.636. The van der Waals surface area contributed by atoms with Gasteiger partial charge in [-0.25, -0.2) is 9.79 Å². The second kappa shape index (κ2) is 10.2. The van der Waals surface area contributed by atoms with Gasteiger partial charge in [-0.1, -0.05) is 67.0 Å². The van der Waals surface area contributed by atoms with E-state index in [2.05, 4.69) is 47.5 Å². The molecule has 1 atom stereocenters. The fraction of sp³-hybridized carbons (Fsp3) is 0.281. The predicted octanol–water partition coefficient (Wildman–Crippen LogP) is 4.74. The lowest BCUT2D eigenvalue weighted by atomic mass is 9.93. The molecular weight excluding hydrogens is 506 g/mol. The molecule has 1 aliphatic heterocycles. The van der Waals surface area contributed by atoms with E-state index in [1.807, 2.05) is 44.2 Å². The summed E-state index contributed by atoms with van der Waals surface area (Å²) in [7, 11) is 1.35. The van der Waals surface area contributed by atoms with Crippen molar-refractivity contribution in [2.24, 2.45) is 4.99 Å². The number of hydrogen-bond donors (Lipinski definition) is 0. The molecule has 0 fully saturated rings. The highest BCUT2D eigenvalue weighted by atomic mass is 32.1. The Bertz CT molecular complexity index is 1880. The van der Waals surface area contributed by atoms with Crippen molar-refractivity contribution in [3.05, 3.63) is 101 Å². The van der Waals surface area contributed by atoms with Crippen molar-refractivity contribution >= 4 is 34.3 Å². The summed E-state index contributed by atoms with van der Waals surface area (Å²) in [6.45, 7) is 10.6. The van der Waals surface area contributed by atoms with E-state index in [0.717, 1.165) is 33.3 Å². The average molecular weight is 538 g/mol. The van der Waals surface area contributed by atoms with Crippen LogP contribution in [0.2, 0.25) is 0 Å². The average Bonchev–Trinajstić information content (AvgIpc) is 3.35. The van der Waals surface area contributed by atoms with Crippen LogP contribution < -0.4 is 14.9 Å². The van der Waals surface area contributed by atoms with Crippen molar-refractivity contribution in [2.75, 3.05) is 7.11 Å². The number of hydrogen-bond acceptors (Lipinski definition) is 5. The van der Waals surface area contributed by atoms with Crippen LogP contribution in [0.1, 0.15) is 60.7 Å². The van der Waals surface area contributed by atoms with E-state index < -0.39 is 12.0 Å². The third-order valence-corrected chi connectivity index (χ3v) is 8.38. The Hall–Kier alpha value is -4.15. The van der Waals surface area contributed by atoms with Crippen molar-refractivity contribution in [1.29, 1.82) is 0 Å². The molecular formula is C32H31N3O3S. The van der Waals surface area contributed by atoms with Gasteiger partial charge in [0.1, 0.15) is 0 Å². The van der Waals surface area contributed by atoms with E-state index in [1.54, 1.807) is 11.5 Å². The number of rotatable bonds is 5. The van der Waals surface area contributed by atoms with Gasteiger partial charge in [-0.05, 0) is 56.0 Å². The topological polar surface area (TPSA) is 65.6 Å². The number of aromatic nitrogens is 2. The zero-order valence-corrected chi connectivity index (χ0v) is 23.8. The van der Waals surface area contributed by atoms with E-state index >= 15 is 0 Å². The standard InChI is InChI=1S/C32H31N3O3S/c1-8-15-34-21(6)24(25-16-19(4)9-14-26(25)34)17-27-30(36)35-29(23-12-10-22(11-13-23)18(2)3)28(31(37)38-7)20(5)33-32(35)39-27/h1,9-14,16-18,29H,15H2,2-7H3/b27-17-/t29-/m0/s1. The highest BCUT2D eigenvalue weighted by Crippen LogP contribution is 2.32. The van der Waals surface area contributed by atoms with E-state index in [0.29, 0.717) is 33.1 Å². The third kappa shape index (κ3) is 4.45. The summed E-state index contributed by atoms with van der Waals surface area (Å²) in [6.07, 6.45) is 7.61. The SMILES string of the molecule is C#CCn1c(C)c(/C=c2\sc3n(c2=O)[C@@H](c2ccc(C(C)C)cc2)C(C(=O)OC)=C(C)N=3)c2cc(C)ccc21. The molecule has 0 unspecified atom stereocenters. The van der Waals surface area contributed by atoms with Crippen molar-refractivity contribution in [3.8, 4) is 12.3 Å². The van der Waals surface area contributed by atoms with Crippen molar-refractivity contribution in [1.82, 2.24) is 9.13 Å². The van der Waals surface area contributed by atoms with Gasteiger partial charge in [-0.3, -0.25) is 9.36 Å². The Morgan fingerprint density at radius 1 is 1.18 bits per heavy atom. The monoisotopic (exact) mass is 537 g/mol. The molecule has 0 spiro atoms. The number of fused-ring (bicyclic) bond motifs is 2. The summed E-state index contributed by atoms with van der Waals surface area (Å²) in [5, 5.41) is 1.04. The van der Waals surface area contributed by atoms with E-state index in [9.17, 15) is 9.59 Å². The molecule has 2 aromatic heterocycles. The summed E-state index contributed by atoms with van der Waals surface area (Å²) >= 11 is 1.32. The van der Waals surface area contributed by atoms with Gasteiger partial charge in [0.25, 0.3) is 5.56 Å². The fourth-order valence-corrected chi connectivity index (χ4v) is 6.33. The first-order valence-corrected chi connectivity index (χ1v) is 13.7. The van der Waals surface area contributed by atoms with Crippen LogP contribution in [-0.2, 0) is 16.1 Å². The van der Waals surface area contributed by atoms with Crippen LogP contribution in [0.4, 0.5) is 0 Å². The van der Waals surface area contributed by atoms with Gasteiger partial charge in [0, 0.05) is 22.2 Å². The van der Waals surface area contributed by atoms with Crippen LogP contribution in [0, 0.1) is 26.2 Å². The van der Waals surface area contributed by atoms with Gasteiger partial charge in [0.2, 0.25) is 0 Å². The lowest BCUT2D eigenvalue weighted by Crippen LogP contribution is -2.39. The van der Waals surface area contributed by atoms with Crippen molar-refractivity contribution in [2.45, 2.75) is 53.1 Å². The number of carbonyl (C=O) groups is 1. The normalized spacial score (nSPS) is 15.4. The number of nitrogens with zero attached hydrogens (tertiary/aromatic N) is 3. The molecule has 7 heteroatoms. The molecule has 0 bridgehead atoms. The molecule has 0 N–H and O–H groups in total. The smallest absolute Gasteiger partial charge is 0.338 e. The maximum absolute atomic E-state index is 14.1. The third-order valence-electron chi connectivity index (χ3n) is 7.40. The first kappa shape index (κ1) is 26.5. The molecule has 0 amide bonds. The summed E-state index contributed by atoms with van der Waals surface area (Å²) in [4.78, 5) is 32.3. The van der Waals surface area contributed by atoms with Crippen LogP contribution in [0.5, 0.6) is 0 Å². The van der Waals surface area contributed by atoms with Gasteiger partial charge in [-0.2, -0.15) is 0 Å². The molecule has 6 nitrogen and oxygen atoms in total. The first-order chi connectivity index (χ1) is 18.7. The van der Waals surface area contributed by atoms with E-state index in [-0.39, 0.29) is 5.56 Å². The van der Waals surface area contributed by atoms with E-state index in [1.165, 1.54) is 24.0 Å². The molecule has 1 aliphatic rings. The lowest BCUT2D eigenvalue weighted by Gasteiger charge is -2.24. The quantitative estimate of drug-likeness (QED) is 0.273. The Labute approximate surface area is 231 Å².